The second kappa shape index (κ2) is 7.21. The van der Waals surface area contributed by atoms with Crippen molar-refractivity contribution in [2.45, 2.75) is 19.4 Å². The quantitative estimate of drug-likeness (QED) is 0.778. The summed E-state index contributed by atoms with van der Waals surface area (Å²) in [5.74, 6) is -1.26. The molecule has 0 spiro atoms. The van der Waals surface area contributed by atoms with Gasteiger partial charge in [0.25, 0.3) is 0 Å². The van der Waals surface area contributed by atoms with E-state index in [-0.39, 0.29) is 0 Å². The van der Waals surface area contributed by atoms with E-state index in [1.807, 2.05) is 6.92 Å². The molecule has 1 N–H and O–H groups in total. The largest absolute Gasteiger partial charge is 0.306 e. The number of hydrogen-bond donors (Lipinski definition) is 1. The molecule has 5 heteroatoms. The summed E-state index contributed by atoms with van der Waals surface area (Å²) < 4.78 is 27.0. The summed E-state index contributed by atoms with van der Waals surface area (Å²) in [6.07, 6.45) is 0.871. The lowest BCUT2D eigenvalue weighted by Gasteiger charge is -2.22. The molecule has 0 amide bonds. The molecular formula is C16H15Cl2F2N. The zero-order valence-corrected chi connectivity index (χ0v) is 13.0. The van der Waals surface area contributed by atoms with Gasteiger partial charge in [0.2, 0.25) is 0 Å². The summed E-state index contributed by atoms with van der Waals surface area (Å²) in [5.41, 5.74) is 1.08. The predicted octanol–water partition coefficient (Wildman–Crippen LogP) is 5.36. The van der Waals surface area contributed by atoms with E-state index in [2.05, 4.69) is 5.32 Å². The van der Waals surface area contributed by atoms with Crippen molar-refractivity contribution in [3.63, 3.8) is 0 Å². The number of nitrogens with one attached hydrogen (secondary N) is 1. The summed E-state index contributed by atoms with van der Waals surface area (Å²) in [6, 6.07) is 8.10. The predicted molar refractivity (Wildman–Crippen MR) is 83.0 cm³/mol. The van der Waals surface area contributed by atoms with Crippen molar-refractivity contribution in [1.82, 2.24) is 5.32 Å². The molecule has 0 saturated carbocycles. The highest BCUT2D eigenvalue weighted by molar-refractivity contribution is 6.36. The van der Waals surface area contributed by atoms with Gasteiger partial charge in [0.1, 0.15) is 11.6 Å². The SMILES string of the molecule is CCCNC(c1cc(F)cc(F)c1)c1c(Cl)cccc1Cl. The van der Waals surface area contributed by atoms with E-state index in [0.29, 0.717) is 27.7 Å². The maximum Gasteiger partial charge on any atom is 0.126 e. The van der Waals surface area contributed by atoms with Gasteiger partial charge in [-0.15, -0.1) is 0 Å². The van der Waals surface area contributed by atoms with Gasteiger partial charge in [-0.2, -0.15) is 0 Å². The van der Waals surface area contributed by atoms with Crippen LogP contribution in [-0.4, -0.2) is 6.54 Å². The highest BCUT2D eigenvalue weighted by Crippen LogP contribution is 2.34. The number of halogens is 4. The Morgan fingerprint density at radius 2 is 1.62 bits per heavy atom. The van der Waals surface area contributed by atoms with Crippen LogP contribution in [0.1, 0.15) is 30.5 Å². The van der Waals surface area contributed by atoms with Gasteiger partial charge < -0.3 is 5.32 Å². The Hall–Kier alpha value is -1.16. The Morgan fingerprint density at radius 1 is 1.05 bits per heavy atom. The van der Waals surface area contributed by atoms with E-state index in [1.54, 1.807) is 18.2 Å². The molecule has 1 nitrogen and oxygen atoms in total. The molecule has 2 aromatic carbocycles. The fourth-order valence-corrected chi connectivity index (χ4v) is 2.82. The van der Waals surface area contributed by atoms with Crippen molar-refractivity contribution in [3.8, 4) is 0 Å². The number of rotatable bonds is 5. The molecule has 0 aliphatic heterocycles. The molecule has 112 valence electrons. The lowest BCUT2D eigenvalue weighted by Crippen LogP contribution is -2.24. The number of hydrogen-bond acceptors (Lipinski definition) is 1. The Kier molecular flexibility index (Phi) is 5.57. The van der Waals surface area contributed by atoms with Gasteiger partial charge in [-0.25, -0.2) is 8.78 Å². The monoisotopic (exact) mass is 329 g/mol. The Morgan fingerprint density at radius 3 is 2.14 bits per heavy atom. The minimum absolute atomic E-state index is 0.455. The lowest BCUT2D eigenvalue weighted by atomic mass is 9.98. The maximum atomic E-state index is 13.5. The first kappa shape index (κ1) is 16.2. The average molecular weight is 330 g/mol. The maximum absolute atomic E-state index is 13.5. The standard InChI is InChI=1S/C16H15Cl2F2N/c1-2-6-21-16(10-7-11(19)9-12(20)8-10)15-13(17)4-3-5-14(15)18/h3-5,7-9,16,21H,2,6H2,1H3. The highest BCUT2D eigenvalue weighted by atomic mass is 35.5. The highest BCUT2D eigenvalue weighted by Gasteiger charge is 2.20. The first-order chi connectivity index (χ1) is 10.0. The van der Waals surface area contributed by atoms with Gasteiger partial charge in [-0.05, 0) is 42.8 Å². The van der Waals surface area contributed by atoms with Crippen LogP contribution in [0.3, 0.4) is 0 Å². The van der Waals surface area contributed by atoms with E-state index in [0.717, 1.165) is 12.5 Å². The van der Waals surface area contributed by atoms with Crippen molar-refractivity contribution in [2.75, 3.05) is 6.54 Å². The molecule has 1 unspecified atom stereocenters. The normalized spacial score (nSPS) is 12.4. The average Bonchev–Trinajstić information content (AvgIpc) is 2.41. The van der Waals surface area contributed by atoms with Gasteiger partial charge in [-0.1, -0.05) is 36.2 Å². The van der Waals surface area contributed by atoms with Crippen molar-refractivity contribution in [2.24, 2.45) is 0 Å². The van der Waals surface area contributed by atoms with Crippen LogP contribution in [0.4, 0.5) is 8.78 Å². The molecule has 0 saturated heterocycles. The molecule has 0 bridgehead atoms. The topological polar surface area (TPSA) is 12.0 Å². The minimum Gasteiger partial charge on any atom is -0.306 e. The molecule has 21 heavy (non-hydrogen) atoms. The molecule has 0 fully saturated rings. The van der Waals surface area contributed by atoms with E-state index in [9.17, 15) is 8.78 Å². The third-order valence-electron chi connectivity index (χ3n) is 3.11. The summed E-state index contributed by atoms with van der Waals surface area (Å²) in [4.78, 5) is 0. The van der Waals surface area contributed by atoms with Crippen LogP contribution in [0.15, 0.2) is 36.4 Å². The fourth-order valence-electron chi connectivity index (χ4n) is 2.20. The molecule has 0 heterocycles. The molecular weight excluding hydrogens is 315 g/mol. The van der Waals surface area contributed by atoms with E-state index in [4.69, 9.17) is 23.2 Å². The fraction of sp³-hybridized carbons (Fsp3) is 0.250. The van der Waals surface area contributed by atoms with Crippen LogP contribution < -0.4 is 5.32 Å². The molecule has 1 atom stereocenters. The molecule has 0 aromatic heterocycles. The minimum atomic E-state index is -0.628. The lowest BCUT2D eigenvalue weighted by molar-refractivity contribution is 0.558. The zero-order chi connectivity index (χ0) is 15.4. The van der Waals surface area contributed by atoms with Gasteiger partial charge >= 0.3 is 0 Å². The first-order valence-electron chi connectivity index (χ1n) is 6.66. The summed E-state index contributed by atoms with van der Waals surface area (Å²) in [5, 5.41) is 4.15. The third kappa shape index (κ3) is 3.94. The molecule has 0 radical (unpaired) electrons. The van der Waals surface area contributed by atoms with E-state index in [1.165, 1.54) is 12.1 Å². The summed E-state index contributed by atoms with van der Waals surface area (Å²) >= 11 is 12.4. The van der Waals surface area contributed by atoms with Crippen LogP contribution in [0, 0.1) is 11.6 Å². The van der Waals surface area contributed by atoms with Gasteiger partial charge in [0, 0.05) is 21.7 Å². The Labute approximate surface area is 132 Å². The number of benzene rings is 2. The van der Waals surface area contributed by atoms with E-state index >= 15 is 0 Å². The van der Waals surface area contributed by atoms with Crippen LogP contribution in [0.5, 0.6) is 0 Å². The Balaban J connectivity index is 2.52. The second-order valence-electron chi connectivity index (χ2n) is 4.73. The smallest absolute Gasteiger partial charge is 0.126 e. The van der Waals surface area contributed by atoms with Crippen molar-refractivity contribution < 1.29 is 8.78 Å². The molecule has 0 aliphatic rings. The summed E-state index contributed by atoms with van der Waals surface area (Å²) in [6.45, 7) is 2.68. The zero-order valence-electron chi connectivity index (χ0n) is 11.5. The molecule has 2 aromatic rings. The second-order valence-corrected chi connectivity index (χ2v) is 5.54. The van der Waals surface area contributed by atoms with Crippen molar-refractivity contribution in [1.29, 1.82) is 0 Å². The van der Waals surface area contributed by atoms with Crippen LogP contribution in [0.2, 0.25) is 10.0 Å². The van der Waals surface area contributed by atoms with Gasteiger partial charge in [0.05, 0.1) is 6.04 Å². The molecule has 0 aliphatic carbocycles. The van der Waals surface area contributed by atoms with Crippen molar-refractivity contribution >= 4 is 23.2 Å². The van der Waals surface area contributed by atoms with Gasteiger partial charge in [-0.3, -0.25) is 0 Å². The van der Waals surface area contributed by atoms with Crippen LogP contribution in [0.25, 0.3) is 0 Å². The summed E-state index contributed by atoms with van der Waals surface area (Å²) in [7, 11) is 0. The third-order valence-corrected chi connectivity index (χ3v) is 3.76. The first-order valence-corrected chi connectivity index (χ1v) is 7.41. The van der Waals surface area contributed by atoms with Crippen LogP contribution >= 0.6 is 23.2 Å². The molecule has 2 rings (SSSR count). The van der Waals surface area contributed by atoms with Crippen molar-refractivity contribution in [3.05, 3.63) is 69.2 Å². The Bertz CT molecular complexity index is 591. The van der Waals surface area contributed by atoms with E-state index < -0.39 is 17.7 Å². The van der Waals surface area contributed by atoms with Crippen LogP contribution in [-0.2, 0) is 0 Å². The van der Waals surface area contributed by atoms with Gasteiger partial charge in [0.15, 0.2) is 0 Å².